The molecule has 90 valence electrons. The van der Waals surface area contributed by atoms with Gasteiger partial charge in [0.25, 0.3) is 0 Å². The van der Waals surface area contributed by atoms with Gasteiger partial charge >= 0.3 is 0 Å². The number of benzene rings is 1. The Labute approximate surface area is 117 Å². The van der Waals surface area contributed by atoms with Crippen LogP contribution in [0.3, 0.4) is 0 Å². The monoisotopic (exact) mass is 358 g/mol. The van der Waals surface area contributed by atoms with E-state index in [-0.39, 0.29) is 6.04 Å². The number of hydrogen-bond donors (Lipinski definition) is 2. The molecule has 5 heteroatoms. The molecule has 1 aromatic carbocycles. The van der Waals surface area contributed by atoms with Gasteiger partial charge in [-0.3, -0.25) is 5.84 Å². The Hall–Kier alpha value is -0.620. The van der Waals surface area contributed by atoms with E-state index in [4.69, 9.17) is 10.3 Å². The van der Waals surface area contributed by atoms with Crippen LogP contribution in [0.25, 0.3) is 0 Å². The number of hydrogen-bond acceptors (Lipinski definition) is 3. The quantitative estimate of drug-likeness (QED) is 0.648. The van der Waals surface area contributed by atoms with Crippen molar-refractivity contribution in [2.45, 2.75) is 12.5 Å². The SMILES string of the molecule is NNC(Cc1ccccc1Br)c1occc1Br. The Bertz CT molecular complexity index is 499. The van der Waals surface area contributed by atoms with Crippen molar-refractivity contribution in [1.29, 1.82) is 0 Å². The second-order valence-electron chi connectivity index (χ2n) is 3.65. The highest BCUT2D eigenvalue weighted by atomic mass is 79.9. The molecule has 1 unspecified atom stereocenters. The molecule has 0 saturated heterocycles. The summed E-state index contributed by atoms with van der Waals surface area (Å²) in [4.78, 5) is 0. The molecule has 0 fully saturated rings. The minimum atomic E-state index is -0.0573. The summed E-state index contributed by atoms with van der Waals surface area (Å²) in [6.45, 7) is 0. The predicted molar refractivity (Wildman–Crippen MR) is 74.3 cm³/mol. The van der Waals surface area contributed by atoms with Gasteiger partial charge in [-0.05, 0) is 40.0 Å². The van der Waals surface area contributed by atoms with E-state index >= 15 is 0 Å². The molecule has 0 aliphatic heterocycles. The average molecular weight is 360 g/mol. The smallest absolute Gasteiger partial charge is 0.136 e. The summed E-state index contributed by atoms with van der Waals surface area (Å²) in [7, 11) is 0. The molecule has 3 N–H and O–H groups in total. The number of halogens is 2. The van der Waals surface area contributed by atoms with E-state index in [0.717, 1.165) is 21.1 Å². The van der Waals surface area contributed by atoms with Gasteiger partial charge in [-0.2, -0.15) is 0 Å². The number of nitrogens with one attached hydrogen (secondary N) is 1. The van der Waals surface area contributed by atoms with Crippen molar-refractivity contribution in [1.82, 2.24) is 5.43 Å². The molecule has 0 saturated carbocycles. The summed E-state index contributed by atoms with van der Waals surface area (Å²) < 4.78 is 7.42. The van der Waals surface area contributed by atoms with Crippen LogP contribution in [-0.4, -0.2) is 0 Å². The van der Waals surface area contributed by atoms with E-state index in [1.807, 2.05) is 24.3 Å². The van der Waals surface area contributed by atoms with E-state index in [1.165, 1.54) is 5.56 Å². The zero-order chi connectivity index (χ0) is 12.3. The molecule has 0 radical (unpaired) electrons. The molecule has 1 atom stereocenters. The molecule has 0 amide bonds. The number of furan rings is 1. The third kappa shape index (κ3) is 2.98. The Balaban J connectivity index is 2.22. The van der Waals surface area contributed by atoms with E-state index in [1.54, 1.807) is 6.26 Å². The molecular formula is C12H12Br2N2O. The number of nitrogens with two attached hydrogens (primary N) is 1. The average Bonchev–Trinajstić information content (AvgIpc) is 2.75. The highest BCUT2D eigenvalue weighted by molar-refractivity contribution is 9.10. The molecule has 17 heavy (non-hydrogen) atoms. The lowest BCUT2D eigenvalue weighted by Crippen LogP contribution is -2.29. The highest BCUT2D eigenvalue weighted by Gasteiger charge is 2.17. The lowest BCUT2D eigenvalue weighted by Gasteiger charge is -2.15. The van der Waals surface area contributed by atoms with Crippen LogP contribution in [0, 0.1) is 0 Å². The van der Waals surface area contributed by atoms with Crippen LogP contribution in [0.4, 0.5) is 0 Å². The van der Waals surface area contributed by atoms with E-state index < -0.39 is 0 Å². The van der Waals surface area contributed by atoms with Gasteiger partial charge in [0.1, 0.15) is 5.76 Å². The van der Waals surface area contributed by atoms with Crippen LogP contribution in [0.2, 0.25) is 0 Å². The molecule has 0 aliphatic carbocycles. The maximum Gasteiger partial charge on any atom is 0.136 e. The maximum absolute atomic E-state index is 5.58. The summed E-state index contributed by atoms with van der Waals surface area (Å²) in [6.07, 6.45) is 2.40. The van der Waals surface area contributed by atoms with Crippen LogP contribution in [0.1, 0.15) is 17.4 Å². The van der Waals surface area contributed by atoms with Crippen LogP contribution in [0.5, 0.6) is 0 Å². The van der Waals surface area contributed by atoms with Crippen molar-refractivity contribution in [2.75, 3.05) is 0 Å². The standard InChI is InChI=1S/C12H12Br2N2O/c13-9-4-2-1-3-8(9)7-11(16-15)12-10(14)5-6-17-12/h1-6,11,16H,7,15H2. The Kier molecular flexibility index (Phi) is 4.39. The number of hydrazine groups is 1. The Morgan fingerprint density at radius 3 is 2.53 bits per heavy atom. The fourth-order valence-corrected chi connectivity index (χ4v) is 2.59. The molecule has 0 spiro atoms. The van der Waals surface area contributed by atoms with Crippen LogP contribution in [0.15, 0.2) is 50.0 Å². The maximum atomic E-state index is 5.58. The first-order valence-electron chi connectivity index (χ1n) is 5.14. The van der Waals surface area contributed by atoms with Gasteiger partial charge in [-0.1, -0.05) is 34.1 Å². The largest absolute Gasteiger partial charge is 0.466 e. The first-order chi connectivity index (χ1) is 8.22. The minimum Gasteiger partial charge on any atom is -0.466 e. The Morgan fingerprint density at radius 2 is 1.94 bits per heavy atom. The topological polar surface area (TPSA) is 51.2 Å². The minimum absolute atomic E-state index is 0.0573. The normalized spacial score (nSPS) is 12.6. The second-order valence-corrected chi connectivity index (χ2v) is 5.36. The van der Waals surface area contributed by atoms with E-state index in [9.17, 15) is 0 Å². The van der Waals surface area contributed by atoms with Gasteiger partial charge in [-0.25, -0.2) is 5.43 Å². The molecule has 0 bridgehead atoms. The van der Waals surface area contributed by atoms with Gasteiger partial charge in [-0.15, -0.1) is 0 Å². The van der Waals surface area contributed by atoms with Crippen LogP contribution < -0.4 is 11.3 Å². The van der Waals surface area contributed by atoms with Crippen molar-refractivity contribution < 1.29 is 4.42 Å². The molecular weight excluding hydrogens is 348 g/mol. The van der Waals surface area contributed by atoms with Crippen molar-refractivity contribution in [2.24, 2.45) is 5.84 Å². The van der Waals surface area contributed by atoms with Crippen molar-refractivity contribution in [3.05, 3.63) is 56.9 Å². The molecule has 1 aromatic heterocycles. The lowest BCUT2D eigenvalue weighted by atomic mass is 10.0. The zero-order valence-electron chi connectivity index (χ0n) is 8.99. The lowest BCUT2D eigenvalue weighted by molar-refractivity contribution is 0.413. The Morgan fingerprint density at radius 1 is 1.18 bits per heavy atom. The van der Waals surface area contributed by atoms with E-state index in [0.29, 0.717) is 0 Å². The molecule has 2 aromatic rings. The molecule has 0 aliphatic rings. The van der Waals surface area contributed by atoms with Gasteiger partial charge in [0.15, 0.2) is 0 Å². The van der Waals surface area contributed by atoms with Gasteiger partial charge in [0, 0.05) is 4.47 Å². The summed E-state index contributed by atoms with van der Waals surface area (Å²) in [5.41, 5.74) is 3.96. The summed E-state index contributed by atoms with van der Waals surface area (Å²) in [5.74, 6) is 6.39. The summed E-state index contributed by atoms with van der Waals surface area (Å²) in [5, 5.41) is 0. The first kappa shape index (κ1) is 12.8. The van der Waals surface area contributed by atoms with Crippen LogP contribution >= 0.6 is 31.9 Å². The van der Waals surface area contributed by atoms with Gasteiger partial charge in [0.2, 0.25) is 0 Å². The summed E-state index contributed by atoms with van der Waals surface area (Å²) in [6, 6.07) is 9.87. The molecule has 2 rings (SSSR count). The highest BCUT2D eigenvalue weighted by Crippen LogP contribution is 2.28. The van der Waals surface area contributed by atoms with Crippen molar-refractivity contribution in [3.8, 4) is 0 Å². The van der Waals surface area contributed by atoms with Crippen LogP contribution in [-0.2, 0) is 6.42 Å². The summed E-state index contributed by atoms with van der Waals surface area (Å²) >= 11 is 6.96. The third-order valence-corrected chi connectivity index (χ3v) is 3.97. The fraction of sp³-hybridized carbons (Fsp3) is 0.167. The fourth-order valence-electron chi connectivity index (χ4n) is 1.67. The zero-order valence-corrected chi connectivity index (χ0v) is 12.2. The predicted octanol–water partition coefficient (Wildman–Crippen LogP) is 3.55. The van der Waals surface area contributed by atoms with E-state index in [2.05, 4.69) is 43.4 Å². The van der Waals surface area contributed by atoms with Crippen molar-refractivity contribution in [3.63, 3.8) is 0 Å². The van der Waals surface area contributed by atoms with Gasteiger partial charge < -0.3 is 4.42 Å². The first-order valence-corrected chi connectivity index (χ1v) is 6.73. The van der Waals surface area contributed by atoms with Crippen molar-refractivity contribution >= 4 is 31.9 Å². The van der Waals surface area contributed by atoms with Gasteiger partial charge in [0.05, 0.1) is 16.8 Å². The molecule has 1 heterocycles. The second kappa shape index (κ2) is 5.82. The molecule has 3 nitrogen and oxygen atoms in total. The number of rotatable bonds is 4. The third-order valence-electron chi connectivity index (χ3n) is 2.54.